The van der Waals surface area contributed by atoms with Crippen LogP contribution in [0.15, 0.2) is 30.5 Å². The standard InChI is InChI=1S/C21H26N8O/c1-13(2)15-10-23-29-19(15)26-21(28-8-9-30-14(3)12-28)27-20(29)22-11-18-24-16-6-4-5-7-17(16)25-18/h4-7,10,13-14H,8-9,11-12H2,1-3H3,(H,24,25)(H,22,26,27). The summed E-state index contributed by atoms with van der Waals surface area (Å²) in [6.45, 7) is 9.10. The van der Waals surface area contributed by atoms with Crippen LogP contribution in [0.5, 0.6) is 0 Å². The fourth-order valence-electron chi connectivity index (χ4n) is 3.80. The highest BCUT2D eigenvalue weighted by molar-refractivity contribution is 5.74. The van der Waals surface area contributed by atoms with Crippen molar-refractivity contribution in [2.75, 3.05) is 29.9 Å². The summed E-state index contributed by atoms with van der Waals surface area (Å²) in [4.78, 5) is 19.8. The first-order valence-electron chi connectivity index (χ1n) is 10.4. The number of para-hydroxylation sites is 2. The van der Waals surface area contributed by atoms with Gasteiger partial charge in [-0.1, -0.05) is 26.0 Å². The molecule has 0 aliphatic carbocycles. The second kappa shape index (κ2) is 7.56. The van der Waals surface area contributed by atoms with Gasteiger partial charge in [-0.15, -0.1) is 0 Å². The quantitative estimate of drug-likeness (QED) is 0.526. The predicted molar refractivity (Wildman–Crippen MR) is 116 cm³/mol. The number of H-pyrrole nitrogens is 1. The summed E-state index contributed by atoms with van der Waals surface area (Å²) in [5.74, 6) is 2.52. The third-order valence-corrected chi connectivity index (χ3v) is 5.38. The van der Waals surface area contributed by atoms with Gasteiger partial charge in [0.15, 0.2) is 5.65 Å². The van der Waals surface area contributed by atoms with E-state index in [0.29, 0.717) is 31.0 Å². The molecule has 30 heavy (non-hydrogen) atoms. The Bertz CT molecular complexity index is 1150. The van der Waals surface area contributed by atoms with Gasteiger partial charge in [-0.3, -0.25) is 0 Å². The largest absolute Gasteiger partial charge is 0.375 e. The van der Waals surface area contributed by atoms with Gasteiger partial charge in [0.2, 0.25) is 11.9 Å². The van der Waals surface area contributed by atoms with Crippen LogP contribution in [-0.2, 0) is 11.3 Å². The molecule has 4 heterocycles. The topological polar surface area (TPSA) is 96.3 Å². The number of nitrogens with zero attached hydrogens (tertiary/aromatic N) is 6. The van der Waals surface area contributed by atoms with Gasteiger partial charge >= 0.3 is 0 Å². The van der Waals surface area contributed by atoms with Gasteiger partial charge in [0.25, 0.3) is 0 Å². The van der Waals surface area contributed by atoms with Crippen LogP contribution in [0.2, 0.25) is 0 Å². The number of ether oxygens (including phenoxy) is 1. The number of nitrogens with one attached hydrogen (secondary N) is 2. The number of rotatable bonds is 5. The first-order valence-corrected chi connectivity index (χ1v) is 10.4. The zero-order valence-corrected chi connectivity index (χ0v) is 17.5. The lowest BCUT2D eigenvalue weighted by Crippen LogP contribution is -2.42. The van der Waals surface area contributed by atoms with E-state index < -0.39 is 0 Å². The van der Waals surface area contributed by atoms with Crippen molar-refractivity contribution in [2.24, 2.45) is 0 Å². The van der Waals surface area contributed by atoms with Crippen LogP contribution in [0.4, 0.5) is 11.9 Å². The second-order valence-corrected chi connectivity index (χ2v) is 8.02. The van der Waals surface area contributed by atoms with E-state index in [1.807, 2.05) is 30.5 Å². The summed E-state index contributed by atoms with van der Waals surface area (Å²) in [5.41, 5.74) is 3.91. The number of hydrogen-bond acceptors (Lipinski definition) is 7. The molecular formula is C21H26N8O. The molecule has 5 rings (SSSR count). The van der Waals surface area contributed by atoms with Crippen molar-refractivity contribution in [3.05, 3.63) is 41.9 Å². The lowest BCUT2D eigenvalue weighted by Gasteiger charge is -2.31. The highest BCUT2D eigenvalue weighted by atomic mass is 16.5. The maximum Gasteiger partial charge on any atom is 0.230 e. The lowest BCUT2D eigenvalue weighted by molar-refractivity contribution is 0.0526. The van der Waals surface area contributed by atoms with E-state index in [1.54, 1.807) is 4.52 Å². The first-order chi connectivity index (χ1) is 14.6. The van der Waals surface area contributed by atoms with Crippen LogP contribution in [0.25, 0.3) is 16.7 Å². The number of benzene rings is 1. The van der Waals surface area contributed by atoms with E-state index in [0.717, 1.165) is 41.2 Å². The average Bonchev–Trinajstić information content (AvgIpc) is 3.35. The molecular weight excluding hydrogens is 380 g/mol. The molecule has 9 nitrogen and oxygen atoms in total. The summed E-state index contributed by atoms with van der Waals surface area (Å²) in [6, 6.07) is 8.01. The first kappa shape index (κ1) is 18.8. The molecule has 0 bridgehead atoms. The van der Waals surface area contributed by atoms with E-state index in [4.69, 9.17) is 14.7 Å². The molecule has 1 atom stereocenters. The second-order valence-electron chi connectivity index (χ2n) is 8.02. The van der Waals surface area contributed by atoms with E-state index >= 15 is 0 Å². The number of aromatic amines is 1. The fourth-order valence-corrected chi connectivity index (χ4v) is 3.80. The van der Waals surface area contributed by atoms with Crippen LogP contribution in [0.1, 0.15) is 38.1 Å². The predicted octanol–water partition coefficient (Wildman–Crippen LogP) is 2.96. The van der Waals surface area contributed by atoms with Gasteiger partial charge in [-0.05, 0) is 25.0 Å². The molecule has 1 aliphatic rings. The van der Waals surface area contributed by atoms with Gasteiger partial charge in [-0.2, -0.15) is 19.6 Å². The van der Waals surface area contributed by atoms with Crippen molar-refractivity contribution < 1.29 is 4.74 Å². The lowest BCUT2D eigenvalue weighted by atomic mass is 10.1. The summed E-state index contributed by atoms with van der Waals surface area (Å²) in [5, 5.41) is 7.96. The normalized spacial score (nSPS) is 17.3. The van der Waals surface area contributed by atoms with Gasteiger partial charge in [0.05, 0.1) is 36.5 Å². The fraction of sp³-hybridized carbons (Fsp3) is 0.429. The smallest absolute Gasteiger partial charge is 0.230 e. The Labute approximate surface area is 174 Å². The Kier molecular flexibility index (Phi) is 4.74. The van der Waals surface area contributed by atoms with Crippen molar-refractivity contribution in [1.82, 2.24) is 29.5 Å². The Hall–Kier alpha value is -3.20. The minimum absolute atomic E-state index is 0.153. The Morgan fingerprint density at radius 2 is 2.10 bits per heavy atom. The third-order valence-electron chi connectivity index (χ3n) is 5.38. The molecule has 1 aromatic carbocycles. The van der Waals surface area contributed by atoms with Crippen molar-refractivity contribution in [1.29, 1.82) is 0 Å². The van der Waals surface area contributed by atoms with Crippen LogP contribution in [0.3, 0.4) is 0 Å². The van der Waals surface area contributed by atoms with Gasteiger partial charge in [0, 0.05) is 18.7 Å². The molecule has 1 fully saturated rings. The zero-order valence-electron chi connectivity index (χ0n) is 17.5. The number of morpholine rings is 1. The summed E-state index contributed by atoms with van der Waals surface area (Å²) >= 11 is 0. The summed E-state index contributed by atoms with van der Waals surface area (Å²) in [7, 11) is 0. The van der Waals surface area contributed by atoms with Crippen molar-refractivity contribution in [3.8, 4) is 0 Å². The highest BCUT2D eigenvalue weighted by Gasteiger charge is 2.22. The monoisotopic (exact) mass is 406 g/mol. The molecule has 0 spiro atoms. The molecule has 3 aromatic heterocycles. The van der Waals surface area contributed by atoms with E-state index in [1.165, 1.54) is 0 Å². The van der Waals surface area contributed by atoms with Gasteiger partial charge in [-0.25, -0.2) is 4.98 Å². The SMILES string of the molecule is CC1CN(c2nc(NCc3nc4ccccc4[nH]3)n3ncc(C(C)C)c3n2)CCO1. The molecule has 0 radical (unpaired) electrons. The number of anilines is 2. The van der Waals surface area contributed by atoms with Gasteiger partial charge in [0.1, 0.15) is 5.82 Å². The molecule has 0 saturated carbocycles. The number of fused-ring (bicyclic) bond motifs is 2. The van der Waals surface area contributed by atoms with Crippen molar-refractivity contribution >= 4 is 28.6 Å². The Balaban J connectivity index is 1.50. The highest BCUT2D eigenvalue weighted by Crippen LogP contribution is 2.24. The minimum Gasteiger partial charge on any atom is -0.375 e. The molecule has 156 valence electrons. The molecule has 4 aromatic rings. The Morgan fingerprint density at radius 1 is 1.23 bits per heavy atom. The molecule has 1 aliphatic heterocycles. The van der Waals surface area contributed by atoms with E-state index in [-0.39, 0.29) is 6.10 Å². The summed E-state index contributed by atoms with van der Waals surface area (Å²) in [6.07, 6.45) is 2.03. The average molecular weight is 406 g/mol. The Morgan fingerprint density at radius 3 is 2.90 bits per heavy atom. The van der Waals surface area contributed by atoms with Crippen LogP contribution >= 0.6 is 0 Å². The number of imidazole rings is 1. The third kappa shape index (κ3) is 3.45. The molecule has 9 heteroatoms. The molecule has 2 N–H and O–H groups in total. The van der Waals surface area contributed by atoms with Gasteiger partial charge < -0.3 is 19.9 Å². The van der Waals surface area contributed by atoms with E-state index in [2.05, 4.69) is 46.1 Å². The minimum atomic E-state index is 0.153. The summed E-state index contributed by atoms with van der Waals surface area (Å²) < 4.78 is 7.47. The van der Waals surface area contributed by atoms with Crippen molar-refractivity contribution in [2.45, 2.75) is 39.3 Å². The maximum atomic E-state index is 5.69. The number of hydrogen-bond donors (Lipinski definition) is 2. The maximum absolute atomic E-state index is 5.69. The molecule has 0 amide bonds. The van der Waals surface area contributed by atoms with Crippen LogP contribution in [-0.4, -0.2) is 55.4 Å². The molecule has 1 unspecified atom stereocenters. The van der Waals surface area contributed by atoms with Crippen LogP contribution in [0, 0.1) is 0 Å². The number of aromatic nitrogens is 6. The van der Waals surface area contributed by atoms with E-state index in [9.17, 15) is 0 Å². The molecule has 1 saturated heterocycles. The van der Waals surface area contributed by atoms with Crippen LogP contribution < -0.4 is 10.2 Å². The zero-order chi connectivity index (χ0) is 20.7. The van der Waals surface area contributed by atoms with Crippen molar-refractivity contribution in [3.63, 3.8) is 0 Å².